The molecule has 31 heavy (non-hydrogen) atoms. The Kier molecular flexibility index (Phi) is 7.22. The molecule has 0 aromatic carbocycles. The van der Waals surface area contributed by atoms with Gasteiger partial charge in [-0.05, 0) is 49.3 Å². The zero-order chi connectivity index (χ0) is 21.8. The monoisotopic (exact) mass is 445 g/mol. The van der Waals surface area contributed by atoms with Gasteiger partial charge in [0.15, 0.2) is 0 Å². The Hall–Kier alpha value is -2.00. The van der Waals surface area contributed by atoms with E-state index >= 15 is 0 Å². The van der Waals surface area contributed by atoms with Crippen LogP contribution in [-0.4, -0.2) is 45.8 Å². The molecule has 168 valence electrons. The summed E-state index contributed by atoms with van der Waals surface area (Å²) in [5.74, 6) is 1.83. The lowest BCUT2D eigenvalue weighted by Gasteiger charge is -2.24. The van der Waals surface area contributed by atoms with Crippen LogP contribution < -0.4 is 5.56 Å². The molecule has 1 aliphatic carbocycles. The number of aromatic amines is 1. The number of aliphatic hydroxyl groups is 1. The van der Waals surface area contributed by atoms with Crippen LogP contribution in [0.3, 0.4) is 0 Å². The van der Waals surface area contributed by atoms with Gasteiger partial charge >= 0.3 is 0 Å². The molecule has 1 atom stereocenters. The topological polar surface area (TPSA) is 91.6 Å². The molecule has 1 unspecified atom stereocenters. The van der Waals surface area contributed by atoms with E-state index in [0.717, 1.165) is 35.2 Å². The second kappa shape index (κ2) is 10.1. The Morgan fingerprint density at radius 3 is 2.90 bits per heavy atom. The standard InChI is InChI=1S/C23H31N3O4S/c1-15(2)13-29-14-16(27)10-26(11-17-6-5-9-30-17)12-20-24-22(28)21-18-7-3-4-8-19(18)31-23(21)25-20/h5-6,9,15-16,27H,3-4,7-8,10-14H2,1-2H3,(H,24,25,28). The molecule has 0 fully saturated rings. The first-order valence-electron chi connectivity index (χ1n) is 11.0. The molecule has 4 rings (SSSR count). The van der Waals surface area contributed by atoms with Crippen LogP contribution in [0, 0.1) is 5.92 Å². The first-order chi connectivity index (χ1) is 15.0. The Morgan fingerprint density at radius 2 is 2.13 bits per heavy atom. The van der Waals surface area contributed by atoms with Crippen LogP contribution in [0.1, 0.15) is 48.7 Å². The first kappa shape index (κ1) is 22.2. The van der Waals surface area contributed by atoms with Crippen molar-refractivity contribution in [1.82, 2.24) is 14.9 Å². The number of hydrogen-bond acceptors (Lipinski definition) is 7. The second-order valence-electron chi connectivity index (χ2n) is 8.74. The maximum absolute atomic E-state index is 12.9. The number of H-pyrrole nitrogens is 1. The van der Waals surface area contributed by atoms with Crippen molar-refractivity contribution in [2.75, 3.05) is 19.8 Å². The number of aromatic nitrogens is 2. The van der Waals surface area contributed by atoms with Crippen molar-refractivity contribution in [1.29, 1.82) is 0 Å². The largest absolute Gasteiger partial charge is 0.468 e. The zero-order valence-electron chi connectivity index (χ0n) is 18.2. The average molecular weight is 446 g/mol. The zero-order valence-corrected chi connectivity index (χ0v) is 19.0. The van der Waals surface area contributed by atoms with Crippen LogP contribution in [0.15, 0.2) is 27.6 Å². The lowest BCUT2D eigenvalue weighted by Crippen LogP contribution is -2.35. The van der Waals surface area contributed by atoms with Crippen LogP contribution >= 0.6 is 11.3 Å². The maximum Gasteiger partial charge on any atom is 0.259 e. The van der Waals surface area contributed by atoms with Gasteiger partial charge in [0.05, 0.1) is 37.4 Å². The molecule has 0 amide bonds. The summed E-state index contributed by atoms with van der Waals surface area (Å²) in [6.07, 6.45) is 5.31. The predicted octanol–water partition coefficient (Wildman–Crippen LogP) is 3.49. The van der Waals surface area contributed by atoms with Crippen molar-refractivity contribution in [3.05, 3.63) is 50.8 Å². The molecule has 0 saturated heterocycles. The quantitative estimate of drug-likeness (QED) is 0.496. The van der Waals surface area contributed by atoms with Gasteiger partial charge in [0, 0.05) is 18.0 Å². The van der Waals surface area contributed by atoms with Gasteiger partial charge in [0.25, 0.3) is 5.56 Å². The number of thiophene rings is 1. The molecule has 2 N–H and O–H groups in total. The summed E-state index contributed by atoms with van der Waals surface area (Å²) in [4.78, 5) is 24.8. The number of hydrogen-bond donors (Lipinski definition) is 2. The molecule has 0 radical (unpaired) electrons. The third kappa shape index (κ3) is 5.63. The average Bonchev–Trinajstić information content (AvgIpc) is 3.34. The van der Waals surface area contributed by atoms with E-state index < -0.39 is 6.10 Å². The van der Waals surface area contributed by atoms with Gasteiger partial charge in [0.2, 0.25) is 0 Å². The van der Waals surface area contributed by atoms with Crippen LogP contribution in [0.4, 0.5) is 0 Å². The van der Waals surface area contributed by atoms with E-state index in [0.29, 0.717) is 38.0 Å². The smallest absolute Gasteiger partial charge is 0.259 e. The van der Waals surface area contributed by atoms with E-state index in [2.05, 4.69) is 18.8 Å². The van der Waals surface area contributed by atoms with Gasteiger partial charge in [0.1, 0.15) is 16.4 Å². The second-order valence-corrected chi connectivity index (χ2v) is 9.82. The molecule has 1 aliphatic rings. The third-order valence-electron chi connectivity index (χ3n) is 5.44. The number of ether oxygens (including phenoxy) is 1. The van der Waals surface area contributed by atoms with Gasteiger partial charge in [-0.2, -0.15) is 0 Å². The van der Waals surface area contributed by atoms with Gasteiger partial charge in [-0.1, -0.05) is 13.8 Å². The Labute approximate surface area is 186 Å². The highest BCUT2D eigenvalue weighted by Crippen LogP contribution is 2.33. The third-order valence-corrected chi connectivity index (χ3v) is 6.62. The molecule has 3 aromatic heterocycles. The summed E-state index contributed by atoms with van der Waals surface area (Å²) in [5.41, 5.74) is 1.13. The SMILES string of the molecule is CC(C)COCC(O)CN(Cc1nc2sc3c(c2c(=O)[nH]1)CCCC3)Cc1ccco1. The van der Waals surface area contributed by atoms with E-state index in [1.807, 2.05) is 17.0 Å². The number of aryl methyl sites for hydroxylation is 2. The molecule has 3 aromatic rings. The maximum atomic E-state index is 12.9. The van der Waals surface area contributed by atoms with E-state index in [4.69, 9.17) is 14.1 Å². The summed E-state index contributed by atoms with van der Waals surface area (Å²) in [7, 11) is 0. The van der Waals surface area contributed by atoms with Crippen LogP contribution in [0.5, 0.6) is 0 Å². The first-order valence-corrected chi connectivity index (χ1v) is 11.8. The van der Waals surface area contributed by atoms with Crippen molar-refractivity contribution >= 4 is 21.6 Å². The normalized spacial score (nSPS) is 15.1. The predicted molar refractivity (Wildman–Crippen MR) is 121 cm³/mol. The lowest BCUT2D eigenvalue weighted by atomic mass is 9.97. The van der Waals surface area contributed by atoms with Crippen molar-refractivity contribution in [2.24, 2.45) is 5.92 Å². The molecule has 0 aliphatic heterocycles. The van der Waals surface area contributed by atoms with Gasteiger partial charge in [-0.25, -0.2) is 4.98 Å². The minimum Gasteiger partial charge on any atom is -0.468 e. The Bertz CT molecular complexity index is 1040. The molecule has 8 heteroatoms. The summed E-state index contributed by atoms with van der Waals surface area (Å²) >= 11 is 1.65. The summed E-state index contributed by atoms with van der Waals surface area (Å²) < 4.78 is 11.1. The number of aliphatic hydroxyl groups excluding tert-OH is 1. The van der Waals surface area contributed by atoms with E-state index in [-0.39, 0.29) is 12.2 Å². The minimum absolute atomic E-state index is 0.0573. The summed E-state index contributed by atoms with van der Waals surface area (Å²) in [6, 6.07) is 3.75. The van der Waals surface area contributed by atoms with Crippen LogP contribution in [0.2, 0.25) is 0 Å². The number of furan rings is 1. The minimum atomic E-state index is -0.641. The number of fused-ring (bicyclic) bond motifs is 3. The van der Waals surface area contributed by atoms with Gasteiger partial charge in [-0.3, -0.25) is 9.69 Å². The van der Waals surface area contributed by atoms with Crippen molar-refractivity contribution in [2.45, 2.75) is 58.7 Å². The Morgan fingerprint density at radius 1 is 1.29 bits per heavy atom. The van der Waals surface area contributed by atoms with Crippen molar-refractivity contribution < 1.29 is 14.3 Å². The molecule has 7 nitrogen and oxygen atoms in total. The fraction of sp³-hybridized carbons (Fsp3) is 0.565. The molecule has 0 saturated carbocycles. The van der Waals surface area contributed by atoms with Crippen LogP contribution in [-0.2, 0) is 30.7 Å². The highest BCUT2D eigenvalue weighted by molar-refractivity contribution is 7.18. The van der Waals surface area contributed by atoms with Crippen molar-refractivity contribution in [3.8, 4) is 0 Å². The van der Waals surface area contributed by atoms with E-state index in [9.17, 15) is 9.90 Å². The highest BCUT2D eigenvalue weighted by Gasteiger charge is 2.21. The Balaban J connectivity index is 1.51. The summed E-state index contributed by atoms with van der Waals surface area (Å²) in [5, 5.41) is 11.3. The van der Waals surface area contributed by atoms with Crippen LogP contribution in [0.25, 0.3) is 10.2 Å². The number of nitrogens with one attached hydrogen (secondary N) is 1. The summed E-state index contributed by atoms with van der Waals surface area (Å²) in [6.45, 7) is 6.36. The van der Waals surface area contributed by atoms with Gasteiger partial charge < -0.3 is 19.2 Å². The molecule has 0 bridgehead atoms. The molecular formula is C23H31N3O4S. The lowest BCUT2D eigenvalue weighted by molar-refractivity contribution is 0.00421. The fourth-order valence-electron chi connectivity index (χ4n) is 4.09. The molecule has 0 spiro atoms. The van der Waals surface area contributed by atoms with Gasteiger partial charge in [-0.15, -0.1) is 11.3 Å². The number of nitrogens with zero attached hydrogens (tertiary/aromatic N) is 2. The number of rotatable bonds is 10. The molecular weight excluding hydrogens is 414 g/mol. The fourth-order valence-corrected chi connectivity index (χ4v) is 5.37. The van der Waals surface area contributed by atoms with Crippen molar-refractivity contribution in [3.63, 3.8) is 0 Å². The van der Waals surface area contributed by atoms with E-state index in [1.54, 1.807) is 17.6 Å². The van der Waals surface area contributed by atoms with E-state index in [1.165, 1.54) is 16.9 Å². The highest BCUT2D eigenvalue weighted by atomic mass is 32.1. The molecule has 3 heterocycles.